The van der Waals surface area contributed by atoms with Crippen LogP contribution in [-0.2, 0) is 14.0 Å². The molecule has 39 heavy (non-hydrogen) atoms. The average molecular weight is 559 g/mol. The summed E-state index contributed by atoms with van der Waals surface area (Å²) in [4.78, 5) is 25.3. The summed E-state index contributed by atoms with van der Waals surface area (Å²) in [6.07, 6.45) is 17.3. The monoisotopic (exact) mass is 558 g/mol. The summed E-state index contributed by atoms with van der Waals surface area (Å²) in [5.41, 5.74) is 1.66. The highest BCUT2D eigenvalue weighted by Gasteiger charge is 2.58. The zero-order chi connectivity index (χ0) is 28.5. The van der Waals surface area contributed by atoms with Gasteiger partial charge in [0.2, 0.25) is 0 Å². The molecule has 0 amide bonds. The minimum absolute atomic E-state index is 0.173. The standard InChI is InChI=1S/C34H58O4Si/c1-32(2,3)39(5,6)38-22-14-12-10-8-7-9-11-13-15-25-23-33(4)28(18-19-30(33)36)27-20-21-34(37)24-26(35)16-17-29(34)31(25)27/h25,27-28,37H,7-24H2,1-6H3/t25-,27-,28-,33-,34+/m0/s1. The molecule has 0 aromatic rings. The van der Waals surface area contributed by atoms with Gasteiger partial charge in [-0.25, -0.2) is 0 Å². The Balaban J connectivity index is 1.24. The van der Waals surface area contributed by atoms with Crippen LogP contribution in [0.4, 0.5) is 0 Å². The Morgan fingerprint density at radius 3 is 2.23 bits per heavy atom. The number of carbonyl (C=O) groups is 2. The predicted octanol–water partition coefficient (Wildman–Crippen LogP) is 8.72. The van der Waals surface area contributed by atoms with Gasteiger partial charge in [-0.2, -0.15) is 0 Å². The lowest BCUT2D eigenvalue weighted by atomic mass is 9.52. The molecule has 0 bridgehead atoms. The summed E-state index contributed by atoms with van der Waals surface area (Å²) in [7, 11) is -1.60. The molecule has 4 aliphatic rings. The Morgan fingerprint density at radius 2 is 1.56 bits per heavy atom. The van der Waals surface area contributed by atoms with Crippen molar-refractivity contribution < 1.29 is 19.1 Å². The van der Waals surface area contributed by atoms with Gasteiger partial charge in [0.15, 0.2) is 8.32 Å². The van der Waals surface area contributed by atoms with E-state index in [1.807, 2.05) is 0 Å². The molecule has 222 valence electrons. The number of hydrogen-bond donors (Lipinski definition) is 1. The molecule has 5 heteroatoms. The van der Waals surface area contributed by atoms with Crippen LogP contribution in [0.5, 0.6) is 0 Å². The van der Waals surface area contributed by atoms with E-state index in [9.17, 15) is 14.7 Å². The van der Waals surface area contributed by atoms with E-state index in [4.69, 9.17) is 4.43 Å². The first kappa shape index (κ1) is 31.2. The predicted molar refractivity (Wildman–Crippen MR) is 162 cm³/mol. The zero-order valence-corrected chi connectivity index (χ0v) is 27.1. The highest BCUT2D eigenvalue weighted by Crippen LogP contribution is 2.62. The number of fused-ring (bicyclic) bond motifs is 4. The maximum absolute atomic E-state index is 13.1. The Labute approximate surface area is 240 Å². The third-order valence-electron chi connectivity index (χ3n) is 11.8. The minimum atomic E-state index is -1.60. The molecule has 3 saturated carbocycles. The van der Waals surface area contributed by atoms with Gasteiger partial charge in [0, 0.05) is 31.3 Å². The molecule has 0 aliphatic heterocycles. The molecular formula is C34H58O4Si. The van der Waals surface area contributed by atoms with E-state index < -0.39 is 13.9 Å². The number of hydrogen-bond acceptors (Lipinski definition) is 4. The van der Waals surface area contributed by atoms with Crippen molar-refractivity contribution >= 4 is 19.9 Å². The number of aliphatic hydroxyl groups is 1. The molecule has 0 radical (unpaired) electrons. The normalized spacial score (nSPS) is 33.3. The molecule has 4 aliphatic carbocycles. The smallest absolute Gasteiger partial charge is 0.191 e. The number of allylic oxidation sites excluding steroid dienone is 1. The summed E-state index contributed by atoms with van der Waals surface area (Å²) in [6.45, 7) is 14.8. The van der Waals surface area contributed by atoms with E-state index in [0.717, 1.165) is 45.1 Å². The van der Waals surface area contributed by atoms with Crippen LogP contribution in [0.25, 0.3) is 0 Å². The van der Waals surface area contributed by atoms with E-state index >= 15 is 0 Å². The van der Waals surface area contributed by atoms with Gasteiger partial charge in [0.1, 0.15) is 11.6 Å². The lowest BCUT2D eigenvalue weighted by molar-refractivity contribution is -0.129. The molecular weight excluding hydrogens is 500 g/mol. The molecule has 5 atom stereocenters. The second-order valence-corrected chi connectivity index (χ2v) is 20.2. The largest absolute Gasteiger partial charge is 0.417 e. The summed E-state index contributed by atoms with van der Waals surface area (Å²) >= 11 is 0. The average Bonchev–Trinajstić information content (AvgIpc) is 3.14. The molecule has 1 N–H and O–H groups in total. The number of unbranched alkanes of at least 4 members (excludes halogenated alkanes) is 7. The van der Waals surface area contributed by atoms with Gasteiger partial charge in [-0.15, -0.1) is 0 Å². The maximum atomic E-state index is 13.1. The lowest BCUT2D eigenvalue weighted by Crippen LogP contribution is -2.50. The van der Waals surface area contributed by atoms with Crippen molar-refractivity contribution in [1.82, 2.24) is 0 Å². The van der Waals surface area contributed by atoms with Crippen molar-refractivity contribution in [3.05, 3.63) is 11.1 Å². The topological polar surface area (TPSA) is 63.6 Å². The van der Waals surface area contributed by atoms with Crippen molar-refractivity contribution in [2.45, 2.75) is 161 Å². The van der Waals surface area contributed by atoms with E-state index in [0.29, 0.717) is 47.8 Å². The van der Waals surface area contributed by atoms with Crippen LogP contribution in [0.1, 0.15) is 137 Å². The second kappa shape index (κ2) is 12.2. The van der Waals surface area contributed by atoms with Crippen LogP contribution in [0, 0.1) is 23.2 Å². The number of ketones is 2. The van der Waals surface area contributed by atoms with Gasteiger partial charge in [-0.3, -0.25) is 9.59 Å². The fraction of sp³-hybridized carbons (Fsp3) is 0.882. The molecule has 3 fully saturated rings. The fourth-order valence-electron chi connectivity index (χ4n) is 8.40. The Morgan fingerprint density at radius 1 is 0.923 bits per heavy atom. The van der Waals surface area contributed by atoms with Gasteiger partial charge >= 0.3 is 0 Å². The second-order valence-electron chi connectivity index (χ2n) is 15.4. The third kappa shape index (κ3) is 6.67. The number of rotatable bonds is 12. The number of Topliss-reactive ketones (excluding diaryl/α,β-unsaturated/α-hetero) is 2. The molecule has 4 rings (SSSR count). The lowest BCUT2D eigenvalue weighted by Gasteiger charge is -2.53. The van der Waals surface area contributed by atoms with Crippen LogP contribution < -0.4 is 0 Å². The van der Waals surface area contributed by atoms with Crippen molar-refractivity contribution in [2.24, 2.45) is 23.2 Å². The van der Waals surface area contributed by atoms with Crippen molar-refractivity contribution in [3.8, 4) is 0 Å². The minimum Gasteiger partial charge on any atom is -0.417 e. The molecule has 0 unspecified atom stereocenters. The first-order valence-corrected chi connectivity index (χ1v) is 19.3. The molecule has 4 nitrogen and oxygen atoms in total. The summed E-state index contributed by atoms with van der Waals surface area (Å²) in [5.74, 6) is 2.00. The van der Waals surface area contributed by atoms with Crippen LogP contribution in [0.15, 0.2) is 11.1 Å². The van der Waals surface area contributed by atoms with Crippen LogP contribution in [0.3, 0.4) is 0 Å². The van der Waals surface area contributed by atoms with Crippen LogP contribution in [0.2, 0.25) is 18.1 Å². The SMILES string of the molecule is CC(C)(C)[Si](C)(C)OCCCCCCCCCC[C@H]1C[C@]2(C)C(=O)CC[C@H]2[C@@H]2CC[C@@]3(O)CC(=O)CCC3=C12. The first-order valence-electron chi connectivity index (χ1n) is 16.4. The van der Waals surface area contributed by atoms with Crippen molar-refractivity contribution in [3.63, 3.8) is 0 Å². The fourth-order valence-corrected chi connectivity index (χ4v) is 9.48. The molecule has 0 spiro atoms. The van der Waals surface area contributed by atoms with Crippen molar-refractivity contribution in [2.75, 3.05) is 6.61 Å². The Kier molecular flexibility index (Phi) is 9.76. The molecule has 0 aromatic carbocycles. The highest BCUT2D eigenvalue weighted by molar-refractivity contribution is 6.74. The highest BCUT2D eigenvalue weighted by atomic mass is 28.4. The quantitative estimate of drug-likeness (QED) is 0.148. The van der Waals surface area contributed by atoms with Crippen LogP contribution >= 0.6 is 0 Å². The maximum Gasteiger partial charge on any atom is 0.191 e. The van der Waals surface area contributed by atoms with E-state index in [1.54, 1.807) is 0 Å². The Hall–Kier alpha value is -0.783. The Bertz CT molecular complexity index is 930. The van der Waals surface area contributed by atoms with E-state index in [2.05, 4.69) is 40.8 Å². The van der Waals surface area contributed by atoms with Gasteiger partial charge < -0.3 is 9.53 Å². The third-order valence-corrected chi connectivity index (χ3v) is 16.3. The summed E-state index contributed by atoms with van der Waals surface area (Å²) < 4.78 is 6.32. The zero-order valence-electron chi connectivity index (χ0n) is 26.1. The molecule has 0 aromatic heterocycles. The van der Waals surface area contributed by atoms with Crippen LogP contribution in [-0.4, -0.2) is 37.2 Å². The van der Waals surface area contributed by atoms with Crippen molar-refractivity contribution in [1.29, 1.82) is 0 Å². The molecule has 0 heterocycles. The van der Waals surface area contributed by atoms with Gasteiger partial charge in [0.05, 0.1) is 5.60 Å². The first-order chi connectivity index (χ1) is 18.3. The van der Waals surface area contributed by atoms with E-state index in [1.165, 1.54) is 62.5 Å². The summed E-state index contributed by atoms with van der Waals surface area (Å²) in [6, 6.07) is 0. The van der Waals surface area contributed by atoms with E-state index in [-0.39, 0.29) is 11.2 Å². The molecule has 0 saturated heterocycles. The van der Waals surface area contributed by atoms with Gasteiger partial charge in [-0.05, 0) is 86.4 Å². The summed E-state index contributed by atoms with van der Waals surface area (Å²) in [5, 5.41) is 11.8. The van der Waals surface area contributed by atoms with Gasteiger partial charge in [0.25, 0.3) is 0 Å². The van der Waals surface area contributed by atoms with Gasteiger partial charge in [-0.1, -0.05) is 78.2 Å². The number of carbonyl (C=O) groups excluding carboxylic acids is 2.